The van der Waals surface area contributed by atoms with Crippen LogP contribution < -0.4 is 15.8 Å². The highest BCUT2D eigenvalue weighted by atomic mass is 16.5. The van der Waals surface area contributed by atoms with E-state index in [2.05, 4.69) is 34.3 Å². The monoisotopic (exact) mass is 332 g/mol. The predicted molar refractivity (Wildman–Crippen MR) is 101 cm³/mol. The molecule has 1 aliphatic heterocycles. The third-order valence-electron chi connectivity index (χ3n) is 4.74. The molecule has 134 valence electrons. The summed E-state index contributed by atoms with van der Waals surface area (Å²) in [7, 11) is 1.69. The zero-order valence-corrected chi connectivity index (χ0v) is 15.1. The highest BCUT2D eigenvalue weighted by Crippen LogP contribution is 2.16. The number of likely N-dealkylation sites (tertiary alicyclic amines) is 1. The second-order valence-corrected chi connectivity index (χ2v) is 6.38. The van der Waals surface area contributed by atoms with E-state index in [9.17, 15) is 0 Å². The molecule has 0 amide bonds. The number of hydrogen-bond acceptors (Lipinski definition) is 3. The molecule has 0 aromatic heterocycles. The van der Waals surface area contributed by atoms with Gasteiger partial charge in [0.1, 0.15) is 5.75 Å². The fraction of sp³-hybridized carbons (Fsp3) is 0.632. The molecule has 1 saturated heterocycles. The number of aryl methyl sites for hydroxylation is 1. The van der Waals surface area contributed by atoms with Gasteiger partial charge in [-0.2, -0.15) is 0 Å². The van der Waals surface area contributed by atoms with Crippen molar-refractivity contribution in [2.75, 3.05) is 33.3 Å². The number of benzene rings is 1. The topological polar surface area (TPSA) is 62.9 Å². The fourth-order valence-corrected chi connectivity index (χ4v) is 3.24. The molecular weight excluding hydrogens is 300 g/mol. The van der Waals surface area contributed by atoms with Crippen LogP contribution in [0.1, 0.15) is 38.2 Å². The van der Waals surface area contributed by atoms with Crippen LogP contribution in [0.2, 0.25) is 0 Å². The Kier molecular flexibility index (Phi) is 7.89. The van der Waals surface area contributed by atoms with Crippen LogP contribution in [0, 0.1) is 0 Å². The summed E-state index contributed by atoms with van der Waals surface area (Å²) in [5.74, 6) is 1.50. The SMILES string of the molecule is CCN1CCCC1CN=C(N)NCCCCc1ccc(OC)cc1. The molecule has 5 nitrogen and oxygen atoms in total. The van der Waals surface area contributed by atoms with E-state index in [1.165, 1.54) is 24.9 Å². The average molecular weight is 332 g/mol. The van der Waals surface area contributed by atoms with E-state index >= 15 is 0 Å². The number of nitrogens with two attached hydrogens (primary N) is 1. The number of ether oxygens (including phenoxy) is 1. The zero-order valence-electron chi connectivity index (χ0n) is 15.1. The van der Waals surface area contributed by atoms with Gasteiger partial charge in [-0.3, -0.25) is 9.89 Å². The minimum absolute atomic E-state index is 0.574. The first kappa shape index (κ1) is 18.6. The van der Waals surface area contributed by atoms with Gasteiger partial charge in [-0.1, -0.05) is 19.1 Å². The van der Waals surface area contributed by atoms with Crippen molar-refractivity contribution >= 4 is 5.96 Å². The fourth-order valence-electron chi connectivity index (χ4n) is 3.24. The van der Waals surface area contributed by atoms with Crippen molar-refractivity contribution in [1.82, 2.24) is 10.2 Å². The molecule has 1 fully saturated rings. The van der Waals surface area contributed by atoms with E-state index < -0.39 is 0 Å². The molecule has 1 aromatic carbocycles. The maximum atomic E-state index is 5.97. The summed E-state index contributed by atoms with van der Waals surface area (Å²) in [5.41, 5.74) is 7.32. The number of hydrogen-bond donors (Lipinski definition) is 2. The average Bonchev–Trinajstić information content (AvgIpc) is 3.07. The molecule has 1 atom stereocenters. The normalized spacial score (nSPS) is 18.8. The maximum absolute atomic E-state index is 5.97. The van der Waals surface area contributed by atoms with Gasteiger partial charge in [0.05, 0.1) is 13.7 Å². The number of unbranched alkanes of at least 4 members (excludes halogenated alkanes) is 1. The van der Waals surface area contributed by atoms with Crippen molar-refractivity contribution in [3.63, 3.8) is 0 Å². The molecule has 24 heavy (non-hydrogen) atoms. The number of rotatable bonds is 9. The molecule has 1 unspecified atom stereocenters. The lowest BCUT2D eigenvalue weighted by molar-refractivity contribution is 0.273. The van der Waals surface area contributed by atoms with Crippen LogP contribution in [-0.2, 0) is 6.42 Å². The smallest absolute Gasteiger partial charge is 0.188 e. The van der Waals surface area contributed by atoms with Crippen LogP contribution in [0.3, 0.4) is 0 Å². The predicted octanol–water partition coefficient (Wildman–Crippen LogP) is 2.41. The molecule has 1 heterocycles. The van der Waals surface area contributed by atoms with Crippen LogP contribution in [0.15, 0.2) is 29.3 Å². The van der Waals surface area contributed by atoms with E-state index in [-0.39, 0.29) is 0 Å². The second-order valence-electron chi connectivity index (χ2n) is 6.38. The number of aliphatic imine (C=N–C) groups is 1. The molecule has 0 bridgehead atoms. The number of methoxy groups -OCH3 is 1. The Morgan fingerprint density at radius 1 is 1.33 bits per heavy atom. The first-order chi connectivity index (χ1) is 11.7. The molecule has 3 N–H and O–H groups in total. The Hall–Kier alpha value is -1.75. The molecule has 0 aliphatic carbocycles. The summed E-state index contributed by atoms with van der Waals surface area (Å²) >= 11 is 0. The van der Waals surface area contributed by atoms with Gasteiger partial charge in [0.15, 0.2) is 5.96 Å². The molecule has 1 aromatic rings. The van der Waals surface area contributed by atoms with Crippen molar-refractivity contribution < 1.29 is 4.74 Å². The summed E-state index contributed by atoms with van der Waals surface area (Å²) in [4.78, 5) is 7.00. The molecule has 0 radical (unpaired) electrons. The molecule has 0 spiro atoms. The maximum Gasteiger partial charge on any atom is 0.188 e. The molecule has 5 heteroatoms. The summed E-state index contributed by atoms with van der Waals surface area (Å²) in [6.45, 7) is 6.23. The van der Waals surface area contributed by atoms with Gasteiger partial charge in [0.2, 0.25) is 0 Å². The van der Waals surface area contributed by atoms with Crippen molar-refractivity contribution in [1.29, 1.82) is 0 Å². The standard InChI is InChI=1S/C19H32N4O/c1-3-23-14-6-8-17(23)15-22-19(20)21-13-5-4-7-16-9-11-18(24-2)12-10-16/h9-12,17H,3-8,13-15H2,1-2H3,(H3,20,21,22). The van der Waals surface area contributed by atoms with Gasteiger partial charge in [-0.05, 0) is 62.9 Å². The second kappa shape index (κ2) is 10.2. The quantitative estimate of drug-likeness (QED) is 0.414. The van der Waals surface area contributed by atoms with Crippen LogP contribution in [0.25, 0.3) is 0 Å². The third kappa shape index (κ3) is 6.04. The lowest BCUT2D eigenvalue weighted by atomic mass is 10.1. The van der Waals surface area contributed by atoms with Crippen molar-refractivity contribution in [3.8, 4) is 5.75 Å². The number of likely N-dealkylation sites (N-methyl/N-ethyl adjacent to an activating group) is 1. The number of nitrogens with zero attached hydrogens (tertiary/aromatic N) is 2. The van der Waals surface area contributed by atoms with Crippen molar-refractivity contribution in [2.24, 2.45) is 10.7 Å². The molecule has 2 rings (SSSR count). The van der Waals surface area contributed by atoms with E-state index in [0.29, 0.717) is 12.0 Å². The lowest BCUT2D eigenvalue weighted by Gasteiger charge is -2.20. The lowest BCUT2D eigenvalue weighted by Crippen LogP contribution is -2.36. The molecule has 1 aliphatic rings. The Bertz CT molecular complexity index is 501. The van der Waals surface area contributed by atoms with E-state index in [0.717, 1.165) is 44.6 Å². The Labute approximate surface area is 146 Å². The Balaban J connectivity index is 1.58. The van der Waals surface area contributed by atoms with Crippen LogP contribution in [0.4, 0.5) is 0 Å². The minimum Gasteiger partial charge on any atom is -0.497 e. The van der Waals surface area contributed by atoms with Gasteiger partial charge in [-0.15, -0.1) is 0 Å². The van der Waals surface area contributed by atoms with Crippen LogP contribution in [0.5, 0.6) is 5.75 Å². The van der Waals surface area contributed by atoms with E-state index in [1.54, 1.807) is 7.11 Å². The van der Waals surface area contributed by atoms with Crippen molar-refractivity contribution in [2.45, 2.75) is 45.1 Å². The molecular formula is C19H32N4O. The number of nitrogens with one attached hydrogen (secondary N) is 1. The van der Waals surface area contributed by atoms with Crippen LogP contribution >= 0.6 is 0 Å². The zero-order chi connectivity index (χ0) is 17.2. The van der Waals surface area contributed by atoms with Gasteiger partial charge >= 0.3 is 0 Å². The molecule has 0 saturated carbocycles. The Morgan fingerprint density at radius 3 is 2.83 bits per heavy atom. The summed E-state index contributed by atoms with van der Waals surface area (Å²) in [6.07, 6.45) is 5.83. The summed E-state index contributed by atoms with van der Waals surface area (Å²) < 4.78 is 5.17. The van der Waals surface area contributed by atoms with Crippen LogP contribution in [-0.4, -0.2) is 50.2 Å². The Morgan fingerprint density at radius 2 is 2.12 bits per heavy atom. The van der Waals surface area contributed by atoms with E-state index in [1.807, 2.05) is 12.1 Å². The number of guanidine groups is 1. The van der Waals surface area contributed by atoms with Crippen molar-refractivity contribution in [3.05, 3.63) is 29.8 Å². The first-order valence-corrected chi connectivity index (χ1v) is 9.13. The third-order valence-corrected chi connectivity index (χ3v) is 4.74. The minimum atomic E-state index is 0.574. The summed E-state index contributed by atoms with van der Waals surface area (Å²) in [6, 6.07) is 8.86. The summed E-state index contributed by atoms with van der Waals surface area (Å²) in [5, 5.41) is 3.23. The van der Waals surface area contributed by atoms with Gasteiger partial charge in [0, 0.05) is 12.6 Å². The van der Waals surface area contributed by atoms with Gasteiger partial charge in [0.25, 0.3) is 0 Å². The highest BCUT2D eigenvalue weighted by Gasteiger charge is 2.22. The van der Waals surface area contributed by atoms with E-state index in [4.69, 9.17) is 10.5 Å². The van der Waals surface area contributed by atoms with Gasteiger partial charge < -0.3 is 15.8 Å². The van der Waals surface area contributed by atoms with Gasteiger partial charge in [-0.25, -0.2) is 0 Å². The highest BCUT2D eigenvalue weighted by molar-refractivity contribution is 5.77. The first-order valence-electron chi connectivity index (χ1n) is 9.13. The largest absolute Gasteiger partial charge is 0.497 e.